The van der Waals surface area contributed by atoms with Gasteiger partial charge in [-0.15, -0.1) is 0 Å². The fourth-order valence-corrected chi connectivity index (χ4v) is 5.33. The standard InChI is InChI=1S/C22H34N2O3S/c1-16(2)28(26,27)24-21-14-10-19(11-15-21)22(25)23-20-12-8-18(9-13-20)17-6-4-3-5-7-17/h8-9,12-13,16-17,19,21,24H,3-7,10-11,14-15H2,1-2H3,(H,23,25)/t19-,21-. The van der Waals surface area contributed by atoms with Crippen molar-refractivity contribution in [1.82, 2.24) is 4.72 Å². The first-order valence-electron chi connectivity index (χ1n) is 10.8. The van der Waals surface area contributed by atoms with Crippen LogP contribution in [0.1, 0.15) is 83.1 Å². The van der Waals surface area contributed by atoms with Crippen LogP contribution >= 0.6 is 0 Å². The molecule has 28 heavy (non-hydrogen) atoms. The number of hydrogen-bond donors (Lipinski definition) is 2. The second-order valence-electron chi connectivity index (χ2n) is 8.71. The largest absolute Gasteiger partial charge is 0.326 e. The molecule has 3 rings (SSSR count). The summed E-state index contributed by atoms with van der Waals surface area (Å²) in [7, 11) is -3.25. The fourth-order valence-electron chi connectivity index (χ4n) is 4.36. The van der Waals surface area contributed by atoms with Crippen LogP contribution in [0.25, 0.3) is 0 Å². The monoisotopic (exact) mass is 406 g/mol. The number of carbonyl (C=O) groups is 1. The Hall–Kier alpha value is -1.40. The van der Waals surface area contributed by atoms with Crippen molar-refractivity contribution < 1.29 is 13.2 Å². The van der Waals surface area contributed by atoms with Gasteiger partial charge in [-0.25, -0.2) is 13.1 Å². The van der Waals surface area contributed by atoms with Crippen molar-refractivity contribution in [3.63, 3.8) is 0 Å². The van der Waals surface area contributed by atoms with Crippen LogP contribution in [0, 0.1) is 5.92 Å². The van der Waals surface area contributed by atoms with E-state index in [1.54, 1.807) is 13.8 Å². The summed E-state index contributed by atoms with van der Waals surface area (Å²) in [5.41, 5.74) is 2.24. The third kappa shape index (κ3) is 5.57. The number of anilines is 1. The molecule has 0 heterocycles. The van der Waals surface area contributed by atoms with E-state index in [1.165, 1.54) is 37.7 Å². The van der Waals surface area contributed by atoms with E-state index in [0.29, 0.717) is 18.8 Å². The summed E-state index contributed by atoms with van der Waals surface area (Å²) in [5.74, 6) is 0.678. The number of rotatable bonds is 6. The molecule has 5 nitrogen and oxygen atoms in total. The lowest BCUT2D eigenvalue weighted by molar-refractivity contribution is -0.120. The third-order valence-corrected chi connectivity index (χ3v) is 8.21. The van der Waals surface area contributed by atoms with E-state index >= 15 is 0 Å². The molecule has 0 radical (unpaired) electrons. The Morgan fingerprint density at radius 2 is 1.54 bits per heavy atom. The van der Waals surface area contributed by atoms with Crippen LogP contribution in [0.2, 0.25) is 0 Å². The highest BCUT2D eigenvalue weighted by Crippen LogP contribution is 2.33. The first kappa shape index (κ1) is 21.3. The Labute approximate surface area is 169 Å². The van der Waals surface area contributed by atoms with Gasteiger partial charge < -0.3 is 5.32 Å². The van der Waals surface area contributed by atoms with Crippen LogP contribution in [0.4, 0.5) is 5.69 Å². The Balaban J connectivity index is 1.48. The van der Waals surface area contributed by atoms with Gasteiger partial charge in [-0.3, -0.25) is 4.79 Å². The van der Waals surface area contributed by atoms with Gasteiger partial charge in [-0.05, 0) is 76.0 Å². The third-order valence-electron chi connectivity index (χ3n) is 6.30. The molecule has 2 aliphatic rings. The SMILES string of the molecule is CC(C)S(=O)(=O)N[C@H]1CC[C@H](C(=O)Nc2ccc(C3CCCCC3)cc2)CC1. The fraction of sp³-hybridized carbons (Fsp3) is 0.682. The molecular formula is C22H34N2O3S. The summed E-state index contributed by atoms with van der Waals surface area (Å²) in [6, 6.07) is 8.30. The molecule has 156 valence electrons. The minimum atomic E-state index is -3.25. The maximum atomic E-state index is 12.6. The van der Waals surface area contributed by atoms with Crippen molar-refractivity contribution in [2.75, 3.05) is 5.32 Å². The van der Waals surface area contributed by atoms with E-state index < -0.39 is 15.3 Å². The lowest BCUT2D eigenvalue weighted by Gasteiger charge is -2.29. The molecule has 0 unspecified atom stereocenters. The van der Waals surface area contributed by atoms with Gasteiger partial charge in [0.1, 0.15) is 0 Å². The minimum Gasteiger partial charge on any atom is -0.326 e. The summed E-state index contributed by atoms with van der Waals surface area (Å²) >= 11 is 0. The van der Waals surface area contributed by atoms with E-state index in [0.717, 1.165) is 18.5 Å². The highest BCUT2D eigenvalue weighted by molar-refractivity contribution is 7.90. The average Bonchev–Trinajstić information content (AvgIpc) is 2.69. The summed E-state index contributed by atoms with van der Waals surface area (Å²) in [6.07, 6.45) is 9.40. The van der Waals surface area contributed by atoms with Crippen LogP contribution in [-0.4, -0.2) is 25.6 Å². The zero-order valence-corrected chi connectivity index (χ0v) is 17.9. The summed E-state index contributed by atoms with van der Waals surface area (Å²) in [4.78, 5) is 12.6. The number of amides is 1. The highest BCUT2D eigenvalue weighted by Gasteiger charge is 2.29. The number of nitrogens with one attached hydrogen (secondary N) is 2. The Kier molecular flexibility index (Phi) is 7.15. The normalized spacial score (nSPS) is 24.2. The molecule has 1 aromatic carbocycles. The Morgan fingerprint density at radius 1 is 0.929 bits per heavy atom. The van der Waals surface area contributed by atoms with E-state index in [9.17, 15) is 13.2 Å². The van der Waals surface area contributed by atoms with E-state index in [2.05, 4.69) is 22.2 Å². The van der Waals surface area contributed by atoms with Crippen molar-refractivity contribution in [3.05, 3.63) is 29.8 Å². The molecule has 2 N–H and O–H groups in total. The topological polar surface area (TPSA) is 75.3 Å². The molecule has 0 saturated heterocycles. The minimum absolute atomic E-state index is 0.0437. The molecule has 2 saturated carbocycles. The molecule has 2 aliphatic carbocycles. The number of benzene rings is 1. The van der Waals surface area contributed by atoms with Gasteiger partial charge in [0.05, 0.1) is 5.25 Å². The summed E-state index contributed by atoms with van der Waals surface area (Å²) < 4.78 is 26.8. The number of sulfonamides is 1. The molecule has 0 spiro atoms. The predicted molar refractivity (Wildman–Crippen MR) is 114 cm³/mol. The second kappa shape index (κ2) is 9.40. The van der Waals surface area contributed by atoms with Crippen LogP contribution < -0.4 is 10.0 Å². The summed E-state index contributed by atoms with van der Waals surface area (Å²) in [5, 5.41) is 2.62. The molecule has 2 fully saturated rings. The number of carbonyl (C=O) groups excluding carboxylic acids is 1. The first-order valence-corrected chi connectivity index (χ1v) is 12.3. The van der Waals surface area contributed by atoms with Gasteiger partial charge in [0.15, 0.2) is 0 Å². The second-order valence-corrected chi connectivity index (χ2v) is 11.0. The van der Waals surface area contributed by atoms with Crippen molar-refractivity contribution in [2.24, 2.45) is 5.92 Å². The van der Waals surface area contributed by atoms with Gasteiger partial charge >= 0.3 is 0 Å². The Bertz CT molecular complexity index is 744. The molecule has 0 atom stereocenters. The lowest BCUT2D eigenvalue weighted by atomic mass is 9.84. The van der Waals surface area contributed by atoms with Crippen LogP contribution in [-0.2, 0) is 14.8 Å². The molecule has 1 aromatic rings. The zero-order valence-electron chi connectivity index (χ0n) is 17.1. The summed E-state index contributed by atoms with van der Waals surface area (Å²) in [6.45, 7) is 3.36. The quantitative estimate of drug-likeness (QED) is 0.727. The van der Waals surface area contributed by atoms with E-state index in [1.807, 2.05) is 12.1 Å². The van der Waals surface area contributed by atoms with Gasteiger partial charge in [0, 0.05) is 17.6 Å². The molecule has 1 amide bonds. The predicted octanol–water partition coefficient (Wildman–Crippen LogP) is 4.56. The zero-order chi connectivity index (χ0) is 20.1. The van der Waals surface area contributed by atoms with Crippen molar-refractivity contribution in [2.45, 2.75) is 88.8 Å². The maximum Gasteiger partial charge on any atom is 0.227 e. The van der Waals surface area contributed by atoms with Crippen molar-refractivity contribution >= 4 is 21.6 Å². The van der Waals surface area contributed by atoms with Crippen molar-refractivity contribution in [1.29, 1.82) is 0 Å². The van der Waals surface area contributed by atoms with Gasteiger partial charge in [0.25, 0.3) is 0 Å². The van der Waals surface area contributed by atoms with E-state index in [-0.39, 0.29) is 17.9 Å². The maximum absolute atomic E-state index is 12.6. The van der Waals surface area contributed by atoms with Gasteiger partial charge in [0.2, 0.25) is 15.9 Å². The first-order chi connectivity index (χ1) is 13.3. The molecule has 6 heteroatoms. The molecule has 0 bridgehead atoms. The average molecular weight is 407 g/mol. The van der Waals surface area contributed by atoms with Gasteiger partial charge in [-0.2, -0.15) is 0 Å². The Morgan fingerprint density at radius 3 is 2.11 bits per heavy atom. The smallest absolute Gasteiger partial charge is 0.227 e. The van der Waals surface area contributed by atoms with Crippen LogP contribution in [0.15, 0.2) is 24.3 Å². The van der Waals surface area contributed by atoms with Crippen LogP contribution in [0.3, 0.4) is 0 Å². The van der Waals surface area contributed by atoms with Crippen LogP contribution in [0.5, 0.6) is 0 Å². The highest BCUT2D eigenvalue weighted by atomic mass is 32.2. The van der Waals surface area contributed by atoms with Crippen molar-refractivity contribution in [3.8, 4) is 0 Å². The molecular weight excluding hydrogens is 372 g/mol. The van der Waals surface area contributed by atoms with E-state index in [4.69, 9.17) is 0 Å². The van der Waals surface area contributed by atoms with Gasteiger partial charge in [-0.1, -0.05) is 31.4 Å². The molecule has 0 aromatic heterocycles. The lowest BCUT2D eigenvalue weighted by Crippen LogP contribution is -2.42. The number of hydrogen-bond acceptors (Lipinski definition) is 3. The molecule has 0 aliphatic heterocycles.